The topological polar surface area (TPSA) is 72.7 Å². The van der Waals surface area contributed by atoms with Gasteiger partial charge in [-0.25, -0.2) is 4.39 Å². The van der Waals surface area contributed by atoms with Crippen molar-refractivity contribution >= 4 is 17.7 Å². The normalized spacial score (nSPS) is 10.8. The Balaban J connectivity index is 1.54. The van der Waals surface area contributed by atoms with Gasteiger partial charge in [-0.2, -0.15) is 4.68 Å². The zero-order chi connectivity index (χ0) is 19.2. The van der Waals surface area contributed by atoms with Gasteiger partial charge in [-0.05, 0) is 54.0 Å². The minimum atomic E-state index is -0.256. The van der Waals surface area contributed by atoms with Gasteiger partial charge in [-0.1, -0.05) is 47.7 Å². The molecule has 0 aliphatic heterocycles. The molecule has 1 N–H and O–H groups in total. The Morgan fingerprint density at radius 2 is 2.04 bits per heavy atom. The molecule has 0 unspecified atom stereocenters. The molecule has 1 amide bonds. The highest BCUT2D eigenvalue weighted by atomic mass is 32.2. The predicted molar refractivity (Wildman–Crippen MR) is 102 cm³/mol. The van der Waals surface area contributed by atoms with E-state index in [1.54, 1.807) is 22.9 Å². The highest BCUT2D eigenvalue weighted by Crippen LogP contribution is 2.21. The lowest BCUT2D eigenvalue weighted by atomic mass is 10.1. The predicted octanol–water partition coefficient (Wildman–Crippen LogP) is 2.87. The summed E-state index contributed by atoms with van der Waals surface area (Å²) in [6, 6.07) is 12.6. The second kappa shape index (κ2) is 8.77. The Morgan fingerprint density at radius 1 is 1.22 bits per heavy atom. The van der Waals surface area contributed by atoms with Crippen molar-refractivity contribution in [2.24, 2.45) is 0 Å². The van der Waals surface area contributed by atoms with Crippen molar-refractivity contribution < 1.29 is 9.18 Å². The summed E-state index contributed by atoms with van der Waals surface area (Å²) >= 11 is 1.26. The van der Waals surface area contributed by atoms with Crippen LogP contribution in [0.4, 0.5) is 4.39 Å². The van der Waals surface area contributed by atoms with Gasteiger partial charge in [0, 0.05) is 6.54 Å². The fraction of sp³-hybridized carbons (Fsp3) is 0.263. The van der Waals surface area contributed by atoms with E-state index in [2.05, 4.69) is 26.9 Å². The van der Waals surface area contributed by atoms with E-state index in [0.717, 1.165) is 16.8 Å². The van der Waals surface area contributed by atoms with Crippen LogP contribution in [0.25, 0.3) is 5.69 Å². The number of hydrogen-bond acceptors (Lipinski definition) is 5. The molecule has 0 radical (unpaired) electrons. The molecule has 8 heteroatoms. The largest absolute Gasteiger partial charge is 0.355 e. The summed E-state index contributed by atoms with van der Waals surface area (Å²) in [7, 11) is 0. The first kappa shape index (κ1) is 19.0. The first-order valence-corrected chi connectivity index (χ1v) is 9.52. The Hall–Kier alpha value is -2.74. The number of thioether (sulfide) groups is 1. The standard InChI is InChI=1S/C19H20FN5OS/c1-13-7-8-17(14(2)11-13)25-19(22-23-24-25)27-12-18(26)21-10-9-15-5-3-4-6-16(15)20/h3-8,11H,9-10,12H2,1-2H3,(H,21,26). The molecule has 6 nitrogen and oxygen atoms in total. The third-order valence-electron chi connectivity index (χ3n) is 4.03. The molecule has 2 aromatic carbocycles. The molecule has 3 aromatic rings. The number of hydrogen-bond donors (Lipinski definition) is 1. The van der Waals surface area contributed by atoms with Crippen LogP contribution in [0.1, 0.15) is 16.7 Å². The molecule has 1 heterocycles. The SMILES string of the molecule is Cc1ccc(-n2nnnc2SCC(=O)NCCc2ccccc2F)c(C)c1. The molecular formula is C19H20FN5OS. The summed E-state index contributed by atoms with van der Waals surface area (Å²) in [5.41, 5.74) is 3.68. The molecule has 0 saturated heterocycles. The quantitative estimate of drug-likeness (QED) is 0.633. The van der Waals surface area contributed by atoms with Crippen LogP contribution in [-0.4, -0.2) is 38.4 Å². The minimum Gasteiger partial charge on any atom is -0.355 e. The second-order valence-corrected chi connectivity index (χ2v) is 7.09. The number of nitrogens with zero attached hydrogens (tertiary/aromatic N) is 4. The van der Waals surface area contributed by atoms with Crippen LogP contribution >= 0.6 is 11.8 Å². The number of halogens is 1. The smallest absolute Gasteiger partial charge is 0.230 e. The molecule has 0 saturated carbocycles. The maximum absolute atomic E-state index is 13.6. The van der Waals surface area contributed by atoms with Crippen molar-refractivity contribution in [2.75, 3.05) is 12.3 Å². The van der Waals surface area contributed by atoms with Gasteiger partial charge in [0.1, 0.15) is 5.82 Å². The van der Waals surface area contributed by atoms with Crippen LogP contribution in [0.2, 0.25) is 0 Å². The van der Waals surface area contributed by atoms with Crippen molar-refractivity contribution in [1.29, 1.82) is 0 Å². The Morgan fingerprint density at radius 3 is 2.81 bits per heavy atom. The van der Waals surface area contributed by atoms with Crippen molar-refractivity contribution in [3.05, 3.63) is 65.0 Å². The zero-order valence-corrected chi connectivity index (χ0v) is 16.0. The highest BCUT2D eigenvalue weighted by molar-refractivity contribution is 7.99. The summed E-state index contributed by atoms with van der Waals surface area (Å²) in [5.74, 6) is -0.219. The highest BCUT2D eigenvalue weighted by Gasteiger charge is 2.13. The number of aromatic nitrogens is 4. The van der Waals surface area contributed by atoms with Crippen molar-refractivity contribution in [3.63, 3.8) is 0 Å². The van der Waals surface area contributed by atoms with E-state index < -0.39 is 0 Å². The molecule has 140 valence electrons. The third kappa shape index (κ3) is 4.91. The molecule has 1 aromatic heterocycles. The van der Waals surface area contributed by atoms with Crippen LogP contribution in [0.5, 0.6) is 0 Å². The summed E-state index contributed by atoms with van der Waals surface area (Å²) < 4.78 is 15.2. The monoisotopic (exact) mass is 385 g/mol. The van der Waals surface area contributed by atoms with Gasteiger partial charge in [-0.15, -0.1) is 5.10 Å². The number of carbonyl (C=O) groups is 1. The Bertz CT molecular complexity index is 943. The van der Waals surface area contributed by atoms with Gasteiger partial charge < -0.3 is 5.32 Å². The maximum atomic E-state index is 13.6. The Kier molecular flexibility index (Phi) is 6.18. The van der Waals surface area contributed by atoms with E-state index in [-0.39, 0.29) is 17.5 Å². The summed E-state index contributed by atoms with van der Waals surface area (Å²) in [5, 5.41) is 15.1. The van der Waals surface area contributed by atoms with Gasteiger partial charge in [-0.3, -0.25) is 4.79 Å². The number of nitrogens with one attached hydrogen (secondary N) is 1. The van der Waals surface area contributed by atoms with Crippen LogP contribution in [0, 0.1) is 19.7 Å². The third-order valence-corrected chi connectivity index (χ3v) is 4.95. The average molecular weight is 385 g/mol. The van der Waals surface area contributed by atoms with E-state index in [1.807, 2.05) is 26.0 Å². The van der Waals surface area contributed by atoms with E-state index in [0.29, 0.717) is 23.7 Å². The second-order valence-electron chi connectivity index (χ2n) is 6.14. The molecule has 27 heavy (non-hydrogen) atoms. The lowest BCUT2D eigenvalue weighted by molar-refractivity contribution is -0.118. The van der Waals surface area contributed by atoms with Gasteiger partial charge in [0.25, 0.3) is 0 Å². The molecule has 3 rings (SSSR count). The Labute approximate surface area is 161 Å². The number of amides is 1. The molecule has 0 spiro atoms. The molecule has 0 aliphatic rings. The van der Waals surface area contributed by atoms with Crippen molar-refractivity contribution in [3.8, 4) is 5.69 Å². The zero-order valence-electron chi connectivity index (χ0n) is 15.1. The van der Waals surface area contributed by atoms with Crippen molar-refractivity contribution in [2.45, 2.75) is 25.4 Å². The van der Waals surface area contributed by atoms with Crippen LogP contribution in [-0.2, 0) is 11.2 Å². The number of aryl methyl sites for hydroxylation is 2. The van der Waals surface area contributed by atoms with Crippen LogP contribution in [0.15, 0.2) is 47.6 Å². The fourth-order valence-electron chi connectivity index (χ4n) is 2.68. The number of carbonyl (C=O) groups excluding carboxylic acids is 1. The molecule has 0 bridgehead atoms. The summed E-state index contributed by atoms with van der Waals surface area (Å²) in [6.45, 7) is 4.40. The van der Waals surface area contributed by atoms with E-state index in [1.165, 1.54) is 17.8 Å². The lowest BCUT2D eigenvalue weighted by Crippen LogP contribution is -2.27. The van der Waals surface area contributed by atoms with Gasteiger partial charge >= 0.3 is 0 Å². The first-order chi connectivity index (χ1) is 13.0. The van der Waals surface area contributed by atoms with Gasteiger partial charge in [0.15, 0.2) is 0 Å². The minimum absolute atomic E-state index is 0.147. The van der Waals surface area contributed by atoms with Gasteiger partial charge in [0.05, 0.1) is 11.4 Å². The molecule has 0 aliphatic carbocycles. The summed E-state index contributed by atoms with van der Waals surface area (Å²) in [4.78, 5) is 12.1. The molecular weight excluding hydrogens is 365 g/mol. The molecule has 0 fully saturated rings. The molecule has 0 atom stereocenters. The van der Waals surface area contributed by atoms with Crippen LogP contribution in [0.3, 0.4) is 0 Å². The number of benzene rings is 2. The number of rotatable bonds is 7. The van der Waals surface area contributed by atoms with Crippen LogP contribution < -0.4 is 5.32 Å². The van der Waals surface area contributed by atoms with Gasteiger partial charge in [0.2, 0.25) is 11.1 Å². The fourth-order valence-corrected chi connectivity index (χ4v) is 3.40. The maximum Gasteiger partial charge on any atom is 0.230 e. The summed E-state index contributed by atoms with van der Waals surface area (Å²) in [6.07, 6.45) is 0.448. The average Bonchev–Trinajstić information content (AvgIpc) is 3.10. The van der Waals surface area contributed by atoms with E-state index in [9.17, 15) is 9.18 Å². The lowest BCUT2D eigenvalue weighted by Gasteiger charge is -2.09. The number of tetrazole rings is 1. The van der Waals surface area contributed by atoms with E-state index in [4.69, 9.17) is 0 Å². The first-order valence-electron chi connectivity index (χ1n) is 8.53. The van der Waals surface area contributed by atoms with E-state index >= 15 is 0 Å². The van der Waals surface area contributed by atoms with Crippen molar-refractivity contribution in [1.82, 2.24) is 25.5 Å².